The molecule has 0 amide bonds. The van der Waals surface area contributed by atoms with Gasteiger partial charge in [-0.25, -0.2) is 0 Å². The molecule has 0 aromatic rings. The van der Waals surface area contributed by atoms with Gasteiger partial charge in [-0.15, -0.1) is 0 Å². The Kier molecular flexibility index (Phi) is 8.53. The second-order valence-electron chi connectivity index (χ2n) is 4.37. The molecule has 3 heteroatoms. The van der Waals surface area contributed by atoms with Crippen LogP contribution < -0.4 is 0 Å². The van der Waals surface area contributed by atoms with Crippen molar-refractivity contribution in [3.8, 4) is 0 Å². The van der Waals surface area contributed by atoms with E-state index < -0.39 is 9.28 Å². The fourth-order valence-electron chi connectivity index (χ4n) is 1.92. The molecule has 14 heavy (non-hydrogen) atoms. The van der Waals surface area contributed by atoms with E-state index in [1.165, 1.54) is 25.7 Å². The third-order valence-corrected chi connectivity index (χ3v) is 4.86. The van der Waals surface area contributed by atoms with Crippen molar-refractivity contribution in [2.45, 2.75) is 52.0 Å². The van der Waals surface area contributed by atoms with Gasteiger partial charge in [-0.05, 0) is 18.8 Å². The second kappa shape index (κ2) is 8.45. The third-order valence-electron chi connectivity index (χ3n) is 2.55. The van der Waals surface area contributed by atoms with E-state index in [-0.39, 0.29) is 0 Å². The summed E-state index contributed by atoms with van der Waals surface area (Å²) in [4.78, 5) is 0. The van der Waals surface area contributed by atoms with Gasteiger partial charge in [0.2, 0.25) is 0 Å². The minimum Gasteiger partial charge on any atom is -0.400 e. The number of unbranched alkanes of at least 4 members (excludes halogenated alkanes) is 1. The van der Waals surface area contributed by atoms with E-state index in [1.54, 1.807) is 14.2 Å². The Labute approximate surface area is 90.8 Å². The normalized spacial score (nSPS) is 13.9. The molecule has 1 atom stereocenters. The zero-order chi connectivity index (χ0) is 11.0. The van der Waals surface area contributed by atoms with Crippen LogP contribution in [0, 0.1) is 5.92 Å². The van der Waals surface area contributed by atoms with E-state index in [0.717, 1.165) is 5.92 Å². The molecule has 0 bridgehead atoms. The summed E-state index contributed by atoms with van der Waals surface area (Å²) in [6.45, 7) is 6.79. The molecule has 0 rings (SSSR count). The summed E-state index contributed by atoms with van der Waals surface area (Å²) in [5.74, 6) is 0.747. The smallest absolute Gasteiger partial charge is 0.324 e. The van der Waals surface area contributed by atoms with Gasteiger partial charge in [0.25, 0.3) is 0 Å². The fraction of sp³-hybridized carbons (Fsp3) is 1.00. The predicted octanol–water partition coefficient (Wildman–Crippen LogP) is 3.11. The molecular formula is C11H26O2Si. The van der Waals surface area contributed by atoms with Crippen LogP contribution in [0.3, 0.4) is 0 Å². The van der Waals surface area contributed by atoms with Gasteiger partial charge in [-0.3, -0.25) is 0 Å². The lowest BCUT2D eigenvalue weighted by molar-refractivity contribution is 0.254. The van der Waals surface area contributed by atoms with Gasteiger partial charge in [-0.1, -0.05) is 33.6 Å². The van der Waals surface area contributed by atoms with Crippen molar-refractivity contribution in [1.82, 2.24) is 0 Å². The van der Waals surface area contributed by atoms with Crippen LogP contribution in [-0.2, 0) is 8.85 Å². The summed E-state index contributed by atoms with van der Waals surface area (Å²) >= 11 is 0. The Morgan fingerprint density at radius 1 is 1.14 bits per heavy atom. The Hall–Kier alpha value is 0.137. The van der Waals surface area contributed by atoms with Gasteiger partial charge in [0.15, 0.2) is 0 Å². The van der Waals surface area contributed by atoms with Gasteiger partial charge in [0.1, 0.15) is 0 Å². The first-order chi connectivity index (χ1) is 6.65. The quantitative estimate of drug-likeness (QED) is 0.583. The van der Waals surface area contributed by atoms with E-state index in [0.29, 0.717) is 5.54 Å². The van der Waals surface area contributed by atoms with Crippen LogP contribution in [0.15, 0.2) is 0 Å². The molecule has 1 unspecified atom stereocenters. The molecule has 0 aliphatic rings. The zero-order valence-electron chi connectivity index (χ0n) is 10.4. The van der Waals surface area contributed by atoms with Crippen LogP contribution in [0.25, 0.3) is 0 Å². The molecule has 0 aromatic heterocycles. The fourth-order valence-corrected chi connectivity index (χ4v) is 4.15. The SMILES string of the molecule is CCCCC(CC(C)C)[SiH](OC)OC. The van der Waals surface area contributed by atoms with E-state index in [1.807, 2.05) is 0 Å². The lowest BCUT2D eigenvalue weighted by Gasteiger charge is -2.24. The van der Waals surface area contributed by atoms with Crippen molar-refractivity contribution in [3.05, 3.63) is 0 Å². The van der Waals surface area contributed by atoms with Gasteiger partial charge in [-0.2, -0.15) is 0 Å². The average Bonchev–Trinajstić information content (AvgIpc) is 2.15. The maximum atomic E-state index is 5.48. The molecule has 0 saturated heterocycles. The molecular weight excluding hydrogens is 192 g/mol. The van der Waals surface area contributed by atoms with Gasteiger partial charge < -0.3 is 8.85 Å². The first-order valence-electron chi connectivity index (χ1n) is 5.71. The van der Waals surface area contributed by atoms with Crippen LogP contribution in [-0.4, -0.2) is 23.5 Å². The largest absolute Gasteiger partial charge is 0.400 e. The van der Waals surface area contributed by atoms with Crippen molar-refractivity contribution in [2.24, 2.45) is 5.92 Å². The van der Waals surface area contributed by atoms with Crippen molar-refractivity contribution in [1.29, 1.82) is 0 Å². The van der Waals surface area contributed by atoms with Crippen LogP contribution in [0.5, 0.6) is 0 Å². The number of hydrogen-bond acceptors (Lipinski definition) is 2. The van der Waals surface area contributed by atoms with Gasteiger partial charge in [0.05, 0.1) is 0 Å². The Balaban J connectivity index is 4.06. The van der Waals surface area contributed by atoms with Crippen molar-refractivity contribution < 1.29 is 8.85 Å². The topological polar surface area (TPSA) is 18.5 Å². The van der Waals surface area contributed by atoms with Gasteiger partial charge in [0, 0.05) is 19.8 Å². The lowest BCUT2D eigenvalue weighted by Crippen LogP contribution is -2.27. The first-order valence-corrected chi connectivity index (χ1v) is 7.32. The Morgan fingerprint density at radius 3 is 2.07 bits per heavy atom. The first kappa shape index (κ1) is 14.1. The highest BCUT2D eigenvalue weighted by atomic mass is 28.3. The predicted molar refractivity (Wildman–Crippen MR) is 63.9 cm³/mol. The summed E-state index contributed by atoms with van der Waals surface area (Å²) in [5, 5.41) is 0. The molecule has 0 aliphatic heterocycles. The summed E-state index contributed by atoms with van der Waals surface area (Å²) in [6.07, 6.45) is 5.09. The Bertz CT molecular complexity index is 124. The van der Waals surface area contributed by atoms with Gasteiger partial charge >= 0.3 is 9.28 Å². The van der Waals surface area contributed by atoms with Crippen LogP contribution in [0.4, 0.5) is 0 Å². The van der Waals surface area contributed by atoms with Crippen LogP contribution in [0.1, 0.15) is 46.5 Å². The van der Waals surface area contributed by atoms with E-state index in [9.17, 15) is 0 Å². The molecule has 0 radical (unpaired) electrons. The molecule has 0 spiro atoms. The standard InChI is InChI=1S/C11H26O2Si/c1-6-7-8-11(9-10(2)3)14(12-4)13-5/h10-11,14H,6-9H2,1-5H3. The van der Waals surface area contributed by atoms with Crippen LogP contribution in [0.2, 0.25) is 5.54 Å². The molecule has 86 valence electrons. The summed E-state index contributed by atoms with van der Waals surface area (Å²) in [6, 6.07) is 0. The average molecular weight is 218 g/mol. The highest BCUT2D eigenvalue weighted by molar-refractivity contribution is 6.46. The highest BCUT2D eigenvalue weighted by Crippen LogP contribution is 2.27. The maximum Gasteiger partial charge on any atom is 0.324 e. The van der Waals surface area contributed by atoms with Crippen LogP contribution >= 0.6 is 0 Å². The highest BCUT2D eigenvalue weighted by Gasteiger charge is 2.24. The molecule has 0 saturated carbocycles. The molecule has 0 N–H and O–H groups in total. The van der Waals surface area contributed by atoms with Crippen molar-refractivity contribution in [2.75, 3.05) is 14.2 Å². The van der Waals surface area contributed by atoms with E-state index in [4.69, 9.17) is 8.85 Å². The molecule has 0 fully saturated rings. The molecule has 2 nitrogen and oxygen atoms in total. The van der Waals surface area contributed by atoms with E-state index >= 15 is 0 Å². The summed E-state index contributed by atoms with van der Waals surface area (Å²) in [7, 11) is 2.19. The Morgan fingerprint density at radius 2 is 1.71 bits per heavy atom. The molecule has 0 aliphatic carbocycles. The molecule has 0 heterocycles. The number of rotatable bonds is 8. The monoisotopic (exact) mass is 218 g/mol. The van der Waals surface area contributed by atoms with Crippen molar-refractivity contribution in [3.63, 3.8) is 0 Å². The third kappa shape index (κ3) is 5.78. The minimum absolute atomic E-state index is 0.685. The second-order valence-corrected chi connectivity index (χ2v) is 6.99. The summed E-state index contributed by atoms with van der Waals surface area (Å²) < 4.78 is 11.0. The van der Waals surface area contributed by atoms with E-state index in [2.05, 4.69) is 20.8 Å². The zero-order valence-corrected chi connectivity index (χ0v) is 11.5. The summed E-state index contributed by atoms with van der Waals surface area (Å²) in [5.41, 5.74) is 0.685. The van der Waals surface area contributed by atoms with Crippen molar-refractivity contribution >= 4 is 9.28 Å². The molecule has 0 aromatic carbocycles. The number of hydrogen-bond donors (Lipinski definition) is 0. The minimum atomic E-state index is -1.39. The lowest BCUT2D eigenvalue weighted by atomic mass is 10.0. The maximum absolute atomic E-state index is 5.48.